The molecule has 0 aliphatic rings. The number of carbonyl (C=O) groups excluding carboxylic acids is 1. The molecule has 1 amide bonds. The molecule has 0 heterocycles. The summed E-state index contributed by atoms with van der Waals surface area (Å²) in [5.74, 6) is -2.08. The second-order valence-corrected chi connectivity index (χ2v) is 3.47. The van der Waals surface area contributed by atoms with Crippen molar-refractivity contribution in [1.82, 2.24) is 0 Å². The van der Waals surface area contributed by atoms with Gasteiger partial charge in [-0.15, -0.1) is 0 Å². The lowest BCUT2D eigenvalue weighted by atomic mass is 10.1. The van der Waals surface area contributed by atoms with Gasteiger partial charge in [-0.25, -0.2) is 4.79 Å². The number of halogens is 1. The summed E-state index contributed by atoms with van der Waals surface area (Å²) in [6.07, 6.45) is 0. The number of rotatable bonds is 3. The molecule has 0 aliphatic heterocycles. The van der Waals surface area contributed by atoms with Crippen LogP contribution in [-0.2, 0) is 4.79 Å². The summed E-state index contributed by atoms with van der Waals surface area (Å²) >= 11 is 5.63. The molecule has 0 saturated heterocycles. The second-order valence-electron chi connectivity index (χ2n) is 3.06. The molecular weight excluding hydrogens is 252 g/mol. The lowest BCUT2D eigenvalue weighted by Gasteiger charge is -2.08. The van der Waals surface area contributed by atoms with E-state index in [4.69, 9.17) is 16.7 Å². The number of benzene rings is 1. The van der Waals surface area contributed by atoms with Gasteiger partial charge in [0.1, 0.15) is 11.3 Å². The zero-order valence-corrected chi connectivity index (χ0v) is 9.32. The van der Waals surface area contributed by atoms with Crippen molar-refractivity contribution in [3.8, 4) is 0 Å². The molecule has 0 aromatic heterocycles. The zero-order valence-electron chi connectivity index (χ0n) is 8.56. The highest BCUT2D eigenvalue weighted by molar-refractivity contribution is 6.34. The molecule has 0 fully saturated rings. The van der Waals surface area contributed by atoms with E-state index in [0.717, 1.165) is 19.1 Å². The average Bonchev–Trinajstić information content (AvgIpc) is 2.15. The molecule has 0 aliphatic carbocycles. The van der Waals surface area contributed by atoms with Crippen LogP contribution in [0.2, 0.25) is 5.02 Å². The van der Waals surface area contributed by atoms with E-state index in [0.29, 0.717) is 0 Å². The lowest BCUT2D eigenvalue weighted by Crippen LogP contribution is -2.13. The van der Waals surface area contributed by atoms with Gasteiger partial charge in [0.2, 0.25) is 5.91 Å². The fourth-order valence-electron chi connectivity index (χ4n) is 1.23. The Morgan fingerprint density at radius 3 is 2.47 bits per heavy atom. The van der Waals surface area contributed by atoms with Gasteiger partial charge in [-0.2, -0.15) is 0 Å². The maximum Gasteiger partial charge on any atom is 0.339 e. The Balaban J connectivity index is 3.55. The van der Waals surface area contributed by atoms with Crippen molar-refractivity contribution in [2.75, 3.05) is 5.32 Å². The van der Waals surface area contributed by atoms with Gasteiger partial charge in [-0.1, -0.05) is 11.6 Å². The molecule has 1 rings (SSSR count). The molecule has 17 heavy (non-hydrogen) atoms. The highest BCUT2D eigenvalue weighted by Gasteiger charge is 2.25. The molecule has 90 valence electrons. The number of nitrogens with zero attached hydrogens (tertiary/aromatic N) is 1. The van der Waals surface area contributed by atoms with E-state index in [1.807, 2.05) is 0 Å². The maximum absolute atomic E-state index is 10.9. The first-order valence-electron chi connectivity index (χ1n) is 4.32. The number of nitro groups is 1. The summed E-state index contributed by atoms with van der Waals surface area (Å²) in [6, 6.07) is 2.12. The van der Waals surface area contributed by atoms with Gasteiger partial charge in [0, 0.05) is 13.0 Å². The summed E-state index contributed by atoms with van der Waals surface area (Å²) < 4.78 is 0. The van der Waals surface area contributed by atoms with Gasteiger partial charge in [0.25, 0.3) is 5.69 Å². The largest absolute Gasteiger partial charge is 0.478 e. The van der Waals surface area contributed by atoms with Crippen molar-refractivity contribution in [3.63, 3.8) is 0 Å². The number of aromatic carboxylic acids is 1. The topological polar surface area (TPSA) is 110 Å². The smallest absolute Gasteiger partial charge is 0.339 e. The third-order valence-electron chi connectivity index (χ3n) is 1.84. The fraction of sp³-hybridized carbons (Fsp3) is 0.111. The van der Waals surface area contributed by atoms with E-state index in [-0.39, 0.29) is 5.02 Å². The second kappa shape index (κ2) is 4.79. The number of anilines is 1. The number of nitro benzene ring substituents is 1. The van der Waals surface area contributed by atoms with E-state index < -0.39 is 33.7 Å². The molecule has 0 unspecified atom stereocenters. The van der Waals surface area contributed by atoms with Crippen LogP contribution < -0.4 is 5.32 Å². The monoisotopic (exact) mass is 258 g/mol. The Morgan fingerprint density at radius 2 is 2.06 bits per heavy atom. The summed E-state index contributed by atoms with van der Waals surface area (Å²) in [7, 11) is 0. The Labute approximate surface area is 100 Å². The van der Waals surface area contributed by atoms with Gasteiger partial charge in [0.15, 0.2) is 0 Å². The minimum Gasteiger partial charge on any atom is -0.478 e. The Bertz CT molecular complexity index is 514. The third kappa shape index (κ3) is 2.70. The molecule has 2 N–H and O–H groups in total. The van der Waals surface area contributed by atoms with Crippen molar-refractivity contribution < 1.29 is 19.6 Å². The molecule has 0 bridgehead atoms. The first kappa shape index (κ1) is 12.9. The molecular formula is C9H7ClN2O5. The molecule has 1 aromatic carbocycles. The number of carbonyl (C=O) groups is 2. The van der Waals surface area contributed by atoms with Crippen LogP contribution in [-0.4, -0.2) is 21.9 Å². The first-order chi connectivity index (χ1) is 7.84. The average molecular weight is 259 g/mol. The molecule has 1 aromatic rings. The quantitative estimate of drug-likeness (QED) is 0.635. The van der Waals surface area contributed by atoms with Crippen molar-refractivity contribution in [2.24, 2.45) is 0 Å². The number of carboxylic acids is 1. The minimum absolute atomic E-state index is 0.188. The fourth-order valence-corrected chi connectivity index (χ4v) is 1.47. The van der Waals surface area contributed by atoms with Crippen LogP contribution >= 0.6 is 11.6 Å². The van der Waals surface area contributed by atoms with Gasteiger partial charge in [-0.3, -0.25) is 14.9 Å². The SMILES string of the molecule is CC(=O)Nc1c([N+](=O)[O-])ccc(Cl)c1C(=O)O. The summed E-state index contributed by atoms with van der Waals surface area (Å²) in [4.78, 5) is 31.8. The summed E-state index contributed by atoms with van der Waals surface area (Å²) in [5, 5.41) is 21.5. The van der Waals surface area contributed by atoms with E-state index in [1.54, 1.807) is 0 Å². The van der Waals surface area contributed by atoms with Crippen molar-refractivity contribution in [2.45, 2.75) is 6.92 Å². The number of hydrogen-bond donors (Lipinski definition) is 2. The lowest BCUT2D eigenvalue weighted by molar-refractivity contribution is -0.384. The molecule has 0 spiro atoms. The maximum atomic E-state index is 10.9. The normalized spacial score (nSPS) is 9.76. The van der Waals surface area contributed by atoms with Crippen LogP contribution in [0.5, 0.6) is 0 Å². The summed E-state index contributed by atoms with van der Waals surface area (Å²) in [5.41, 5.74) is -1.44. The molecule has 0 radical (unpaired) electrons. The van der Waals surface area contributed by atoms with Gasteiger partial charge in [0.05, 0.1) is 9.95 Å². The predicted octanol–water partition coefficient (Wildman–Crippen LogP) is 1.90. The van der Waals surface area contributed by atoms with E-state index in [9.17, 15) is 19.7 Å². The number of carboxylic acid groups (broad SMARTS) is 1. The summed E-state index contributed by atoms with van der Waals surface area (Å²) in [6.45, 7) is 1.11. The van der Waals surface area contributed by atoms with E-state index in [1.165, 1.54) is 0 Å². The highest BCUT2D eigenvalue weighted by Crippen LogP contribution is 2.33. The van der Waals surface area contributed by atoms with Crippen LogP contribution in [0.15, 0.2) is 12.1 Å². The van der Waals surface area contributed by atoms with Crippen molar-refractivity contribution in [1.29, 1.82) is 0 Å². The molecule has 0 saturated carbocycles. The predicted molar refractivity (Wildman–Crippen MR) is 59.4 cm³/mol. The third-order valence-corrected chi connectivity index (χ3v) is 2.16. The number of nitrogens with one attached hydrogen (secondary N) is 1. The van der Waals surface area contributed by atoms with Crippen LogP contribution in [0.3, 0.4) is 0 Å². The Morgan fingerprint density at radius 1 is 1.47 bits per heavy atom. The number of hydrogen-bond acceptors (Lipinski definition) is 4. The highest BCUT2D eigenvalue weighted by atomic mass is 35.5. The standard InChI is InChI=1S/C9H7ClN2O5/c1-4(13)11-8-6(12(16)17)3-2-5(10)7(8)9(14)15/h2-3H,1H3,(H,11,13)(H,14,15). The van der Waals surface area contributed by atoms with Gasteiger partial charge >= 0.3 is 5.97 Å². The van der Waals surface area contributed by atoms with Crippen LogP contribution in [0, 0.1) is 10.1 Å². The number of amides is 1. The molecule has 7 nitrogen and oxygen atoms in total. The van der Waals surface area contributed by atoms with Gasteiger partial charge in [-0.05, 0) is 6.07 Å². The molecule has 0 atom stereocenters. The Kier molecular flexibility index (Phi) is 3.64. The molecule has 8 heteroatoms. The first-order valence-corrected chi connectivity index (χ1v) is 4.70. The van der Waals surface area contributed by atoms with Crippen molar-refractivity contribution in [3.05, 3.63) is 32.8 Å². The van der Waals surface area contributed by atoms with E-state index in [2.05, 4.69) is 5.32 Å². The Hall–Kier alpha value is -2.15. The minimum atomic E-state index is -1.46. The van der Waals surface area contributed by atoms with Gasteiger partial charge < -0.3 is 10.4 Å². The van der Waals surface area contributed by atoms with Crippen molar-refractivity contribution >= 4 is 34.9 Å². The van der Waals surface area contributed by atoms with Crippen LogP contribution in [0.4, 0.5) is 11.4 Å². The zero-order chi connectivity index (χ0) is 13.2. The van der Waals surface area contributed by atoms with Crippen LogP contribution in [0.25, 0.3) is 0 Å². The van der Waals surface area contributed by atoms with Crippen LogP contribution in [0.1, 0.15) is 17.3 Å². The van der Waals surface area contributed by atoms with E-state index >= 15 is 0 Å².